The number of likely N-dealkylation sites (tertiary alicyclic amines) is 1. The van der Waals surface area contributed by atoms with Gasteiger partial charge in [-0.2, -0.15) is 0 Å². The first-order chi connectivity index (χ1) is 9.49. The van der Waals surface area contributed by atoms with E-state index in [2.05, 4.69) is 19.9 Å². The SMILES string of the molecule is CC(C)C1(N)CN(C(=O)c2ccc3ccccc3c2)C1. The number of carbonyl (C=O) groups excluding carboxylic acids is 1. The van der Waals surface area contributed by atoms with Gasteiger partial charge in [-0.15, -0.1) is 0 Å². The molecule has 1 aliphatic rings. The van der Waals surface area contributed by atoms with Gasteiger partial charge < -0.3 is 10.6 Å². The molecular formula is C17H20N2O. The fraction of sp³-hybridized carbons (Fsp3) is 0.353. The summed E-state index contributed by atoms with van der Waals surface area (Å²) in [5.41, 5.74) is 6.78. The van der Waals surface area contributed by atoms with Crippen molar-refractivity contribution in [1.29, 1.82) is 0 Å². The predicted molar refractivity (Wildman–Crippen MR) is 81.6 cm³/mol. The molecule has 0 atom stereocenters. The van der Waals surface area contributed by atoms with Crippen molar-refractivity contribution in [2.45, 2.75) is 19.4 Å². The molecule has 1 fully saturated rings. The number of benzene rings is 2. The first-order valence-corrected chi connectivity index (χ1v) is 7.06. The molecule has 1 amide bonds. The maximum absolute atomic E-state index is 12.5. The second-order valence-electron chi connectivity index (χ2n) is 6.11. The Balaban J connectivity index is 1.80. The van der Waals surface area contributed by atoms with Gasteiger partial charge >= 0.3 is 0 Å². The van der Waals surface area contributed by atoms with Crippen LogP contribution < -0.4 is 5.73 Å². The molecule has 20 heavy (non-hydrogen) atoms. The smallest absolute Gasteiger partial charge is 0.254 e. The normalized spacial score (nSPS) is 17.3. The third-order valence-electron chi connectivity index (χ3n) is 4.40. The average molecular weight is 268 g/mol. The number of amides is 1. The Morgan fingerprint density at radius 3 is 2.45 bits per heavy atom. The Morgan fingerprint density at radius 1 is 1.15 bits per heavy atom. The molecule has 3 rings (SSSR count). The molecule has 1 aliphatic heterocycles. The third-order valence-corrected chi connectivity index (χ3v) is 4.40. The third kappa shape index (κ3) is 2.08. The zero-order valence-electron chi connectivity index (χ0n) is 12.0. The Bertz CT molecular complexity index is 657. The van der Waals surface area contributed by atoms with E-state index in [9.17, 15) is 4.79 Å². The Hall–Kier alpha value is -1.87. The topological polar surface area (TPSA) is 46.3 Å². The zero-order valence-corrected chi connectivity index (χ0v) is 12.0. The summed E-state index contributed by atoms with van der Waals surface area (Å²) >= 11 is 0. The number of hydrogen-bond acceptors (Lipinski definition) is 2. The minimum absolute atomic E-state index is 0.0810. The van der Waals surface area contributed by atoms with Gasteiger partial charge in [-0.1, -0.05) is 44.2 Å². The number of fused-ring (bicyclic) bond motifs is 1. The van der Waals surface area contributed by atoms with E-state index in [-0.39, 0.29) is 11.4 Å². The van der Waals surface area contributed by atoms with Crippen LogP contribution >= 0.6 is 0 Å². The molecule has 2 N–H and O–H groups in total. The summed E-state index contributed by atoms with van der Waals surface area (Å²) in [6, 6.07) is 13.9. The van der Waals surface area contributed by atoms with Crippen LogP contribution in [0.3, 0.4) is 0 Å². The molecule has 0 aliphatic carbocycles. The van der Waals surface area contributed by atoms with Crippen molar-refractivity contribution in [1.82, 2.24) is 4.90 Å². The minimum atomic E-state index is -0.216. The molecule has 0 radical (unpaired) electrons. The van der Waals surface area contributed by atoms with Crippen LogP contribution in [-0.4, -0.2) is 29.4 Å². The molecule has 0 bridgehead atoms. The van der Waals surface area contributed by atoms with Gasteiger partial charge in [0.2, 0.25) is 0 Å². The van der Waals surface area contributed by atoms with Crippen molar-refractivity contribution in [2.75, 3.05) is 13.1 Å². The van der Waals surface area contributed by atoms with Gasteiger partial charge in [0.05, 0.1) is 5.54 Å². The number of rotatable bonds is 2. The van der Waals surface area contributed by atoms with Crippen LogP contribution in [0.2, 0.25) is 0 Å². The van der Waals surface area contributed by atoms with Gasteiger partial charge in [-0.3, -0.25) is 4.79 Å². The number of nitrogens with two attached hydrogens (primary N) is 1. The van der Waals surface area contributed by atoms with Crippen molar-refractivity contribution < 1.29 is 4.79 Å². The summed E-state index contributed by atoms with van der Waals surface area (Å²) < 4.78 is 0. The van der Waals surface area contributed by atoms with Gasteiger partial charge in [0.15, 0.2) is 0 Å². The van der Waals surface area contributed by atoms with E-state index in [4.69, 9.17) is 5.73 Å². The van der Waals surface area contributed by atoms with Crippen molar-refractivity contribution in [2.24, 2.45) is 11.7 Å². The Kier molecular flexibility index (Phi) is 3.02. The molecule has 3 nitrogen and oxygen atoms in total. The number of nitrogens with zero attached hydrogens (tertiary/aromatic N) is 1. The lowest BCUT2D eigenvalue weighted by atomic mass is 9.80. The van der Waals surface area contributed by atoms with E-state index < -0.39 is 0 Å². The van der Waals surface area contributed by atoms with Crippen LogP contribution in [0.4, 0.5) is 0 Å². The lowest BCUT2D eigenvalue weighted by Gasteiger charge is -2.50. The molecule has 104 valence electrons. The summed E-state index contributed by atoms with van der Waals surface area (Å²) in [4.78, 5) is 14.3. The lowest BCUT2D eigenvalue weighted by Crippen LogP contribution is -2.71. The van der Waals surface area contributed by atoms with Crippen LogP contribution in [-0.2, 0) is 0 Å². The molecule has 1 heterocycles. The fourth-order valence-corrected chi connectivity index (χ4v) is 2.68. The second-order valence-corrected chi connectivity index (χ2v) is 6.11. The first-order valence-electron chi connectivity index (χ1n) is 7.06. The number of carbonyl (C=O) groups is 1. The largest absolute Gasteiger partial charge is 0.335 e. The zero-order chi connectivity index (χ0) is 14.3. The van der Waals surface area contributed by atoms with Crippen LogP contribution in [0.25, 0.3) is 10.8 Å². The highest BCUT2D eigenvalue weighted by atomic mass is 16.2. The molecule has 0 unspecified atom stereocenters. The maximum Gasteiger partial charge on any atom is 0.254 e. The van der Waals surface area contributed by atoms with E-state index in [1.54, 1.807) is 0 Å². The van der Waals surface area contributed by atoms with E-state index in [1.165, 1.54) is 0 Å². The van der Waals surface area contributed by atoms with Crippen LogP contribution in [0, 0.1) is 5.92 Å². The van der Waals surface area contributed by atoms with Crippen LogP contribution in [0.5, 0.6) is 0 Å². The van der Waals surface area contributed by atoms with Crippen LogP contribution in [0.1, 0.15) is 24.2 Å². The summed E-state index contributed by atoms with van der Waals surface area (Å²) in [7, 11) is 0. The fourth-order valence-electron chi connectivity index (χ4n) is 2.68. The second kappa shape index (κ2) is 4.60. The quantitative estimate of drug-likeness (QED) is 0.910. The van der Waals surface area contributed by atoms with E-state index in [0.29, 0.717) is 19.0 Å². The van der Waals surface area contributed by atoms with Crippen molar-refractivity contribution in [3.63, 3.8) is 0 Å². The molecule has 0 spiro atoms. The standard InChI is InChI=1S/C17H20N2O/c1-12(2)17(18)10-19(11-17)16(20)15-8-7-13-5-3-4-6-14(13)9-15/h3-9,12H,10-11,18H2,1-2H3. The van der Waals surface area contributed by atoms with Gasteiger partial charge in [0, 0.05) is 18.7 Å². The molecule has 2 aromatic rings. The number of hydrogen-bond donors (Lipinski definition) is 1. The molecule has 0 aromatic heterocycles. The van der Waals surface area contributed by atoms with E-state index >= 15 is 0 Å². The van der Waals surface area contributed by atoms with Gasteiger partial charge in [-0.25, -0.2) is 0 Å². The molecule has 2 aromatic carbocycles. The van der Waals surface area contributed by atoms with Crippen molar-refractivity contribution >= 4 is 16.7 Å². The van der Waals surface area contributed by atoms with Gasteiger partial charge in [-0.05, 0) is 28.8 Å². The lowest BCUT2D eigenvalue weighted by molar-refractivity contribution is 0.0275. The minimum Gasteiger partial charge on any atom is -0.335 e. The summed E-state index contributed by atoms with van der Waals surface area (Å²) in [5, 5.41) is 2.25. The maximum atomic E-state index is 12.5. The van der Waals surface area contributed by atoms with E-state index in [1.807, 2.05) is 41.3 Å². The van der Waals surface area contributed by atoms with Crippen molar-refractivity contribution in [3.05, 3.63) is 48.0 Å². The monoisotopic (exact) mass is 268 g/mol. The Morgan fingerprint density at radius 2 is 1.80 bits per heavy atom. The summed E-state index contributed by atoms with van der Waals surface area (Å²) in [6.45, 7) is 5.52. The summed E-state index contributed by atoms with van der Waals surface area (Å²) in [5.74, 6) is 0.473. The summed E-state index contributed by atoms with van der Waals surface area (Å²) in [6.07, 6.45) is 0. The average Bonchev–Trinajstić information content (AvgIpc) is 2.42. The first kappa shape index (κ1) is 13.1. The highest BCUT2D eigenvalue weighted by molar-refractivity contribution is 5.99. The van der Waals surface area contributed by atoms with Crippen molar-refractivity contribution in [3.8, 4) is 0 Å². The molecule has 1 saturated heterocycles. The Labute approximate surface area is 119 Å². The molecule has 3 heteroatoms. The highest BCUT2D eigenvalue weighted by Crippen LogP contribution is 2.28. The van der Waals surface area contributed by atoms with Gasteiger partial charge in [0.1, 0.15) is 0 Å². The highest BCUT2D eigenvalue weighted by Gasteiger charge is 2.44. The van der Waals surface area contributed by atoms with Crippen LogP contribution in [0.15, 0.2) is 42.5 Å². The van der Waals surface area contributed by atoms with E-state index in [0.717, 1.165) is 16.3 Å². The molecule has 0 saturated carbocycles. The van der Waals surface area contributed by atoms with Gasteiger partial charge in [0.25, 0.3) is 5.91 Å². The predicted octanol–water partition coefficient (Wildman–Crippen LogP) is 2.65. The molecular weight excluding hydrogens is 248 g/mol.